The molecule has 2 aromatic rings. The summed E-state index contributed by atoms with van der Waals surface area (Å²) < 4.78 is 14.4. The number of aryl methyl sites for hydroxylation is 1. The summed E-state index contributed by atoms with van der Waals surface area (Å²) in [4.78, 5) is 0. The van der Waals surface area contributed by atoms with Crippen molar-refractivity contribution in [1.29, 1.82) is 5.26 Å². The Kier molecular flexibility index (Phi) is 3.63. The van der Waals surface area contributed by atoms with E-state index in [-0.39, 0.29) is 5.82 Å². The van der Waals surface area contributed by atoms with Crippen molar-refractivity contribution in [3.63, 3.8) is 0 Å². The lowest BCUT2D eigenvalue weighted by Gasteiger charge is -2.10. The van der Waals surface area contributed by atoms with Gasteiger partial charge in [0.15, 0.2) is 0 Å². The van der Waals surface area contributed by atoms with Crippen LogP contribution in [0.5, 0.6) is 0 Å². The van der Waals surface area contributed by atoms with E-state index in [1.165, 1.54) is 6.07 Å². The molecule has 0 saturated heterocycles. The third kappa shape index (κ3) is 2.69. The third-order valence-electron chi connectivity index (χ3n) is 2.49. The van der Waals surface area contributed by atoms with Crippen LogP contribution in [0.1, 0.15) is 11.1 Å². The van der Waals surface area contributed by atoms with E-state index in [1.54, 1.807) is 18.2 Å². The Labute approximate surface area is 113 Å². The van der Waals surface area contributed by atoms with E-state index in [2.05, 4.69) is 27.3 Å². The van der Waals surface area contributed by atoms with Gasteiger partial charge in [-0.25, -0.2) is 4.39 Å². The largest absolute Gasteiger partial charge is 0.352 e. The molecule has 90 valence electrons. The molecule has 0 fully saturated rings. The highest BCUT2D eigenvalue weighted by molar-refractivity contribution is 9.10. The molecule has 0 aromatic heterocycles. The molecule has 0 aliphatic heterocycles. The molecule has 4 heteroatoms. The maximum absolute atomic E-state index is 13.6. The van der Waals surface area contributed by atoms with Crippen LogP contribution in [0.15, 0.2) is 40.9 Å². The maximum Gasteiger partial charge on any atom is 0.146 e. The van der Waals surface area contributed by atoms with Crippen LogP contribution in [0.25, 0.3) is 0 Å². The number of anilines is 2. The van der Waals surface area contributed by atoms with E-state index in [0.29, 0.717) is 16.9 Å². The van der Waals surface area contributed by atoms with Crippen molar-refractivity contribution in [3.05, 3.63) is 57.8 Å². The number of rotatable bonds is 2. The average Bonchev–Trinajstić information content (AvgIpc) is 2.34. The lowest BCUT2D eigenvalue weighted by molar-refractivity contribution is 0.631. The zero-order valence-corrected chi connectivity index (χ0v) is 11.3. The smallest absolute Gasteiger partial charge is 0.146 e. The minimum atomic E-state index is -0.358. The van der Waals surface area contributed by atoms with Gasteiger partial charge >= 0.3 is 0 Å². The molecule has 0 amide bonds. The summed E-state index contributed by atoms with van der Waals surface area (Å²) in [6.07, 6.45) is 0. The summed E-state index contributed by atoms with van der Waals surface area (Å²) in [5.74, 6) is -0.358. The van der Waals surface area contributed by atoms with Crippen molar-refractivity contribution >= 4 is 27.3 Å². The van der Waals surface area contributed by atoms with Gasteiger partial charge in [0.1, 0.15) is 11.9 Å². The molecule has 18 heavy (non-hydrogen) atoms. The van der Waals surface area contributed by atoms with Gasteiger partial charge < -0.3 is 5.32 Å². The van der Waals surface area contributed by atoms with E-state index in [1.807, 2.05) is 19.1 Å². The highest BCUT2D eigenvalue weighted by atomic mass is 79.9. The first-order chi connectivity index (χ1) is 8.60. The summed E-state index contributed by atoms with van der Waals surface area (Å²) in [6, 6.07) is 12.1. The van der Waals surface area contributed by atoms with Crippen molar-refractivity contribution in [2.45, 2.75) is 6.92 Å². The van der Waals surface area contributed by atoms with Gasteiger partial charge in [-0.15, -0.1) is 0 Å². The lowest BCUT2D eigenvalue weighted by atomic mass is 10.1. The minimum absolute atomic E-state index is 0.339. The number of benzene rings is 2. The first-order valence-corrected chi connectivity index (χ1v) is 6.12. The molecule has 1 N–H and O–H groups in total. The van der Waals surface area contributed by atoms with E-state index in [0.717, 1.165) is 10.0 Å². The molecule has 0 heterocycles. The van der Waals surface area contributed by atoms with Crippen molar-refractivity contribution in [3.8, 4) is 6.07 Å². The normalized spacial score (nSPS) is 9.89. The number of nitrogens with one attached hydrogen (secondary N) is 1. The fourth-order valence-electron chi connectivity index (χ4n) is 1.60. The number of halogens is 2. The zero-order valence-electron chi connectivity index (χ0n) is 9.67. The summed E-state index contributed by atoms with van der Waals surface area (Å²) >= 11 is 3.29. The summed E-state index contributed by atoms with van der Waals surface area (Å²) in [5.41, 5.74) is 2.44. The number of hydrogen-bond acceptors (Lipinski definition) is 2. The van der Waals surface area contributed by atoms with Crippen LogP contribution in [0.4, 0.5) is 15.8 Å². The number of nitrogens with zero attached hydrogens (tertiary/aromatic N) is 1. The summed E-state index contributed by atoms with van der Waals surface area (Å²) in [7, 11) is 0. The van der Waals surface area contributed by atoms with Gasteiger partial charge in [-0.2, -0.15) is 5.26 Å². The molecule has 2 aromatic carbocycles. The Morgan fingerprint density at radius 1 is 1.17 bits per heavy atom. The van der Waals surface area contributed by atoms with Gasteiger partial charge in [-0.3, -0.25) is 0 Å². The van der Waals surface area contributed by atoms with E-state index in [4.69, 9.17) is 5.26 Å². The summed E-state index contributed by atoms with van der Waals surface area (Å²) in [6.45, 7) is 1.92. The molecular formula is C14H10BrFN2. The van der Waals surface area contributed by atoms with Crippen molar-refractivity contribution < 1.29 is 4.39 Å². The van der Waals surface area contributed by atoms with Crippen LogP contribution >= 0.6 is 15.9 Å². The Hall–Kier alpha value is -1.86. The minimum Gasteiger partial charge on any atom is -0.352 e. The molecule has 0 bridgehead atoms. The van der Waals surface area contributed by atoms with Gasteiger partial charge in [0, 0.05) is 4.47 Å². The van der Waals surface area contributed by atoms with Crippen molar-refractivity contribution in [2.75, 3.05) is 5.32 Å². The van der Waals surface area contributed by atoms with Gasteiger partial charge in [0.05, 0.1) is 16.9 Å². The molecule has 0 saturated carbocycles. The molecule has 0 aliphatic rings. The molecular weight excluding hydrogens is 295 g/mol. The monoisotopic (exact) mass is 304 g/mol. The number of hydrogen-bond donors (Lipinski definition) is 1. The summed E-state index contributed by atoms with van der Waals surface area (Å²) in [5, 5.41) is 12.0. The second-order valence-corrected chi connectivity index (χ2v) is 4.83. The first-order valence-electron chi connectivity index (χ1n) is 5.33. The van der Waals surface area contributed by atoms with Crippen LogP contribution in [0.3, 0.4) is 0 Å². The van der Waals surface area contributed by atoms with Gasteiger partial charge in [0.2, 0.25) is 0 Å². The zero-order chi connectivity index (χ0) is 13.1. The Morgan fingerprint density at radius 3 is 2.67 bits per heavy atom. The number of nitriles is 1. The predicted octanol–water partition coefficient (Wildman–Crippen LogP) is 4.51. The first kappa shape index (κ1) is 12.6. The van der Waals surface area contributed by atoms with Gasteiger partial charge in [-0.05, 0) is 42.8 Å². The highest BCUT2D eigenvalue weighted by Crippen LogP contribution is 2.26. The highest BCUT2D eigenvalue weighted by Gasteiger charge is 2.07. The quantitative estimate of drug-likeness (QED) is 0.886. The molecule has 0 atom stereocenters. The Morgan fingerprint density at radius 2 is 1.94 bits per heavy atom. The third-order valence-corrected chi connectivity index (χ3v) is 2.99. The van der Waals surface area contributed by atoms with E-state index < -0.39 is 0 Å². The molecule has 2 rings (SSSR count). The topological polar surface area (TPSA) is 35.8 Å². The molecule has 0 aliphatic carbocycles. The van der Waals surface area contributed by atoms with E-state index in [9.17, 15) is 4.39 Å². The predicted molar refractivity (Wildman–Crippen MR) is 73.3 cm³/mol. The Bertz CT molecular complexity index is 632. The van der Waals surface area contributed by atoms with Gasteiger partial charge in [-0.1, -0.05) is 22.0 Å². The molecule has 2 nitrogen and oxygen atoms in total. The molecule has 0 radical (unpaired) electrons. The van der Waals surface area contributed by atoms with E-state index >= 15 is 0 Å². The second-order valence-electron chi connectivity index (χ2n) is 3.91. The van der Waals surface area contributed by atoms with Crippen molar-refractivity contribution in [1.82, 2.24) is 0 Å². The van der Waals surface area contributed by atoms with Crippen molar-refractivity contribution in [2.24, 2.45) is 0 Å². The molecule has 0 spiro atoms. The average molecular weight is 305 g/mol. The fraction of sp³-hybridized carbons (Fsp3) is 0.0714. The van der Waals surface area contributed by atoms with Crippen LogP contribution in [-0.4, -0.2) is 0 Å². The van der Waals surface area contributed by atoms with Crippen LogP contribution in [-0.2, 0) is 0 Å². The van der Waals surface area contributed by atoms with Crippen LogP contribution in [0, 0.1) is 24.1 Å². The Balaban J connectivity index is 2.43. The second kappa shape index (κ2) is 5.19. The lowest BCUT2D eigenvalue weighted by Crippen LogP contribution is -1.97. The van der Waals surface area contributed by atoms with Crippen LogP contribution < -0.4 is 5.32 Å². The fourth-order valence-corrected chi connectivity index (χ4v) is 1.96. The SMILES string of the molecule is Cc1ccc(C#N)c(Nc2cc(Br)ccc2F)c1. The van der Waals surface area contributed by atoms with Crippen LogP contribution in [0.2, 0.25) is 0 Å². The standard InChI is InChI=1S/C14H10BrFN2/c1-9-2-3-10(8-17)13(6-9)18-14-7-11(15)4-5-12(14)16/h2-7,18H,1H3. The molecule has 0 unspecified atom stereocenters. The van der Waals surface area contributed by atoms with Gasteiger partial charge in [0.25, 0.3) is 0 Å². The maximum atomic E-state index is 13.6.